The second-order valence-corrected chi connectivity index (χ2v) is 13.1. The number of hydrogen-bond acceptors (Lipinski definition) is 6. The van der Waals surface area contributed by atoms with Gasteiger partial charge in [0.25, 0.3) is 0 Å². The van der Waals surface area contributed by atoms with Crippen LogP contribution in [0.2, 0.25) is 0 Å². The van der Waals surface area contributed by atoms with Crippen molar-refractivity contribution in [2.24, 2.45) is 17.8 Å². The van der Waals surface area contributed by atoms with Crippen LogP contribution < -0.4 is 15.6 Å². The highest BCUT2D eigenvalue weighted by Gasteiger charge is 2.44. The molecule has 3 amide bonds. The smallest absolute Gasteiger partial charge is 0.320 e. The van der Waals surface area contributed by atoms with E-state index in [2.05, 4.69) is 20.5 Å². The molecule has 0 bridgehead atoms. The summed E-state index contributed by atoms with van der Waals surface area (Å²) >= 11 is 6.26. The van der Waals surface area contributed by atoms with Crippen molar-refractivity contribution in [2.75, 3.05) is 46.2 Å². The Morgan fingerprint density at radius 3 is 2.63 bits per heavy atom. The molecule has 13 heteroatoms. The Morgan fingerprint density at radius 1 is 1.20 bits per heavy atom. The molecule has 0 radical (unpaired) electrons. The zero-order chi connectivity index (χ0) is 25.3. The number of nitrogens with zero attached hydrogens (tertiary/aromatic N) is 3. The van der Waals surface area contributed by atoms with E-state index in [9.17, 15) is 22.4 Å². The Balaban J connectivity index is 1.29. The molecule has 200 valence electrons. The lowest BCUT2D eigenvalue weighted by Gasteiger charge is -2.37. The predicted octanol–water partition coefficient (Wildman–Crippen LogP) is 0.696. The zero-order valence-electron chi connectivity index (χ0n) is 20.5. The summed E-state index contributed by atoms with van der Waals surface area (Å²) in [4.78, 5) is 32.9. The number of rotatable bonds is 7. The maximum Gasteiger partial charge on any atom is 0.320 e. The van der Waals surface area contributed by atoms with Crippen LogP contribution in [0.25, 0.3) is 0 Å². The first-order valence-corrected chi connectivity index (χ1v) is 14.6. The van der Waals surface area contributed by atoms with Gasteiger partial charge in [-0.3, -0.25) is 20.4 Å². The first kappa shape index (κ1) is 26.8. The molecule has 2 heterocycles. The zero-order valence-corrected chi connectivity index (χ0v) is 22.0. The Morgan fingerprint density at radius 2 is 1.97 bits per heavy atom. The second-order valence-electron chi connectivity index (χ2n) is 10.8. The third-order valence-corrected chi connectivity index (χ3v) is 9.82. The number of urea groups is 1. The number of carbonyl (C=O) groups is 2. The van der Waals surface area contributed by atoms with Crippen molar-refractivity contribution in [3.63, 3.8) is 0 Å². The van der Waals surface area contributed by atoms with Crippen molar-refractivity contribution in [1.82, 2.24) is 30.3 Å². The highest BCUT2D eigenvalue weighted by molar-refractivity contribution is 7.89. The van der Waals surface area contributed by atoms with Gasteiger partial charge in [-0.05, 0) is 51.0 Å². The van der Waals surface area contributed by atoms with Gasteiger partial charge in [0.05, 0.1) is 17.0 Å². The quantitative estimate of drug-likeness (QED) is 0.326. The van der Waals surface area contributed by atoms with Gasteiger partial charge in [-0.25, -0.2) is 17.6 Å². The number of nitrogens with one attached hydrogen (secondary N) is 3. The number of hydrazine groups is 1. The fraction of sp³-hybridized carbons (Fsp3) is 0.909. The molecular formula is C22H38ClFN6O4S. The van der Waals surface area contributed by atoms with E-state index in [1.54, 1.807) is 11.9 Å². The molecule has 4 rings (SSSR count). The molecule has 7 atom stereocenters. The molecule has 10 nitrogen and oxygen atoms in total. The summed E-state index contributed by atoms with van der Waals surface area (Å²) in [6, 6.07) is 0.154. The van der Waals surface area contributed by atoms with Gasteiger partial charge in [-0.15, -0.1) is 16.4 Å². The highest BCUT2D eigenvalue weighted by atomic mass is 35.5. The van der Waals surface area contributed by atoms with Crippen LogP contribution in [-0.2, 0) is 14.8 Å². The van der Waals surface area contributed by atoms with Gasteiger partial charge in [-0.2, -0.15) is 0 Å². The molecule has 2 saturated heterocycles. The van der Waals surface area contributed by atoms with E-state index in [4.69, 9.17) is 11.6 Å². The van der Waals surface area contributed by atoms with E-state index >= 15 is 0 Å². The molecule has 2 aliphatic heterocycles. The van der Waals surface area contributed by atoms with E-state index in [1.807, 2.05) is 11.9 Å². The SMILES string of the molecule is CN1CNC(C2CC(Cl)C(F)C(C(=O)NNS(=O)(=O)CC3CCCC(N4CCN(C)C4=O)C3)C2)C1. The first-order chi connectivity index (χ1) is 16.5. The van der Waals surface area contributed by atoms with Crippen LogP contribution in [0.1, 0.15) is 38.5 Å². The van der Waals surface area contributed by atoms with E-state index in [-0.39, 0.29) is 35.7 Å². The van der Waals surface area contributed by atoms with Crippen LogP contribution in [0.15, 0.2) is 0 Å². The third kappa shape index (κ3) is 6.38. The molecule has 2 saturated carbocycles. The molecule has 35 heavy (non-hydrogen) atoms. The van der Waals surface area contributed by atoms with E-state index < -0.39 is 33.4 Å². The van der Waals surface area contributed by atoms with Crippen molar-refractivity contribution in [1.29, 1.82) is 0 Å². The van der Waals surface area contributed by atoms with Crippen molar-refractivity contribution < 1.29 is 22.4 Å². The lowest BCUT2D eigenvalue weighted by Crippen LogP contribution is -2.52. The summed E-state index contributed by atoms with van der Waals surface area (Å²) in [5, 5.41) is 2.58. The standard InChI is InChI=1S/C22H38ClFN6O4S/c1-28-11-19(25-13-28)15-9-17(20(24)18(23)10-15)21(31)26-27-35(33,34)12-14-4-3-5-16(8-14)30-7-6-29(2)22(30)32/h14-20,25,27H,3-13H2,1-2H3,(H,26,31). The summed E-state index contributed by atoms with van der Waals surface area (Å²) in [5.41, 5.74) is 2.25. The molecule has 4 fully saturated rings. The molecule has 0 spiro atoms. The maximum atomic E-state index is 14.8. The minimum atomic E-state index is -3.82. The van der Waals surface area contributed by atoms with Crippen LogP contribution >= 0.6 is 11.6 Å². The summed E-state index contributed by atoms with van der Waals surface area (Å²) in [6.45, 7) is 2.87. The van der Waals surface area contributed by atoms with Gasteiger partial charge in [0, 0.05) is 45.4 Å². The van der Waals surface area contributed by atoms with Crippen molar-refractivity contribution >= 4 is 33.6 Å². The number of likely N-dealkylation sites (N-methyl/N-ethyl adjacent to an activating group) is 2. The largest absolute Gasteiger partial charge is 0.326 e. The second kappa shape index (κ2) is 11.0. The number of alkyl halides is 2. The minimum Gasteiger partial charge on any atom is -0.326 e. The molecule has 0 aromatic rings. The monoisotopic (exact) mass is 536 g/mol. The average Bonchev–Trinajstić information content (AvgIpc) is 3.39. The Bertz CT molecular complexity index is 897. The number of amides is 3. The van der Waals surface area contributed by atoms with Gasteiger partial charge < -0.3 is 9.80 Å². The molecule has 2 aliphatic carbocycles. The normalized spacial score (nSPS) is 37.1. The lowest BCUT2D eigenvalue weighted by molar-refractivity contribution is -0.129. The van der Waals surface area contributed by atoms with Gasteiger partial charge >= 0.3 is 6.03 Å². The Labute approximate surface area is 212 Å². The lowest BCUT2D eigenvalue weighted by atomic mass is 9.76. The summed E-state index contributed by atoms with van der Waals surface area (Å²) in [6.07, 6.45) is 2.32. The molecule has 0 aromatic carbocycles. The molecule has 7 unspecified atom stereocenters. The first-order valence-electron chi connectivity index (χ1n) is 12.5. The van der Waals surface area contributed by atoms with Gasteiger partial charge in [0.15, 0.2) is 0 Å². The number of sulfonamides is 1. The van der Waals surface area contributed by atoms with Crippen LogP contribution in [0.3, 0.4) is 0 Å². The van der Waals surface area contributed by atoms with E-state index in [0.717, 1.165) is 32.5 Å². The van der Waals surface area contributed by atoms with Gasteiger partial charge in [-0.1, -0.05) is 6.42 Å². The van der Waals surface area contributed by atoms with Crippen LogP contribution in [0.4, 0.5) is 9.18 Å². The predicted molar refractivity (Wildman–Crippen MR) is 131 cm³/mol. The van der Waals surface area contributed by atoms with Crippen molar-refractivity contribution in [3.05, 3.63) is 0 Å². The fourth-order valence-corrected chi connectivity index (χ4v) is 7.80. The summed E-state index contributed by atoms with van der Waals surface area (Å²) in [5.74, 6) is -1.93. The van der Waals surface area contributed by atoms with E-state index in [1.165, 1.54) is 0 Å². The minimum absolute atomic E-state index is 0.00694. The Hall–Kier alpha value is -1.21. The highest BCUT2D eigenvalue weighted by Crippen LogP contribution is 2.37. The maximum absolute atomic E-state index is 14.8. The molecule has 0 aromatic heterocycles. The fourth-order valence-electron chi connectivity index (χ4n) is 6.13. The van der Waals surface area contributed by atoms with Crippen LogP contribution in [-0.4, -0.2) is 105 Å². The number of carbonyl (C=O) groups excluding carboxylic acids is 2. The van der Waals surface area contributed by atoms with E-state index in [0.29, 0.717) is 32.4 Å². The Kier molecular flexibility index (Phi) is 8.47. The van der Waals surface area contributed by atoms with Crippen molar-refractivity contribution in [2.45, 2.75) is 62.2 Å². The van der Waals surface area contributed by atoms with Crippen LogP contribution in [0.5, 0.6) is 0 Å². The van der Waals surface area contributed by atoms with Crippen molar-refractivity contribution in [3.8, 4) is 0 Å². The number of halogens is 2. The number of hydrogen-bond donors (Lipinski definition) is 3. The van der Waals surface area contributed by atoms with Gasteiger partial charge in [0.1, 0.15) is 6.17 Å². The summed E-state index contributed by atoms with van der Waals surface area (Å²) < 4.78 is 40.3. The average molecular weight is 537 g/mol. The molecule has 4 aliphatic rings. The molecule has 3 N–H and O–H groups in total. The van der Waals surface area contributed by atoms with Gasteiger partial charge in [0.2, 0.25) is 15.9 Å². The summed E-state index contributed by atoms with van der Waals surface area (Å²) in [7, 11) is -0.0677. The topological polar surface area (TPSA) is 114 Å². The molecular weight excluding hydrogens is 499 g/mol. The third-order valence-electron chi connectivity index (χ3n) is 8.08. The van der Waals surface area contributed by atoms with Crippen LogP contribution in [0, 0.1) is 17.8 Å².